The van der Waals surface area contributed by atoms with E-state index in [1.807, 2.05) is 0 Å². The normalized spacial score (nSPS) is 16.3. The number of nitrogens with one attached hydrogen (secondary N) is 1. The lowest BCUT2D eigenvalue weighted by Crippen LogP contribution is -2.23. The Kier molecular flexibility index (Phi) is 4.90. The van der Waals surface area contributed by atoms with Crippen molar-refractivity contribution in [1.29, 1.82) is 0 Å². The Morgan fingerprint density at radius 1 is 1.22 bits per heavy atom. The molecule has 1 N–H and O–H groups in total. The third kappa shape index (κ3) is 3.31. The molecule has 0 unspecified atom stereocenters. The van der Waals surface area contributed by atoms with Crippen LogP contribution in [-0.4, -0.2) is 21.5 Å². The average molecular weight is 292 g/mol. The minimum absolute atomic E-state index is 0. The molecule has 0 bridgehead atoms. The molecule has 0 spiro atoms. The van der Waals surface area contributed by atoms with E-state index >= 15 is 0 Å². The fourth-order valence-corrected chi connectivity index (χ4v) is 2.42. The highest BCUT2D eigenvalue weighted by Crippen LogP contribution is 2.24. The monoisotopic (exact) mass is 291 g/mol. The molecule has 0 saturated carbocycles. The Balaban J connectivity index is 0.00000162. The van der Waals surface area contributed by atoms with Crippen molar-refractivity contribution in [2.24, 2.45) is 0 Å². The van der Waals surface area contributed by atoms with Crippen LogP contribution in [0.15, 0.2) is 34.7 Å². The fourth-order valence-electron chi connectivity index (χ4n) is 1.96. The first kappa shape index (κ1) is 15.1. The molecule has 0 amide bonds. The second kappa shape index (κ2) is 5.82. The molecule has 1 aliphatic rings. The summed E-state index contributed by atoms with van der Waals surface area (Å²) in [4.78, 5) is -0.289. The maximum absolute atomic E-state index is 12.7. The highest BCUT2D eigenvalue weighted by Gasteiger charge is 2.14. The first-order chi connectivity index (χ1) is 7.98. The zero-order chi connectivity index (χ0) is 12.5. The standard InChI is InChI=1S/C12H14FNO2S.ClH/c1-9-6-7-14-8-12(9)10-2-4-11(5-3-10)17(13,15)16;/h2-5,14H,6-8H2,1H3;1H. The van der Waals surface area contributed by atoms with E-state index in [4.69, 9.17) is 0 Å². The van der Waals surface area contributed by atoms with Crippen molar-refractivity contribution in [1.82, 2.24) is 5.32 Å². The van der Waals surface area contributed by atoms with E-state index in [2.05, 4.69) is 12.2 Å². The molecular formula is C12H15ClFNO2S. The first-order valence-corrected chi connectivity index (χ1v) is 6.81. The van der Waals surface area contributed by atoms with E-state index in [0.717, 1.165) is 25.1 Å². The molecule has 6 heteroatoms. The lowest BCUT2D eigenvalue weighted by Gasteiger charge is -2.19. The molecule has 18 heavy (non-hydrogen) atoms. The van der Waals surface area contributed by atoms with Crippen molar-refractivity contribution in [2.75, 3.05) is 13.1 Å². The molecule has 0 atom stereocenters. The van der Waals surface area contributed by atoms with Crippen molar-refractivity contribution >= 4 is 28.2 Å². The Bertz CT molecular complexity index is 552. The molecule has 3 nitrogen and oxygen atoms in total. The maximum atomic E-state index is 12.7. The summed E-state index contributed by atoms with van der Waals surface area (Å²) in [7, 11) is -4.60. The second-order valence-electron chi connectivity index (χ2n) is 4.15. The van der Waals surface area contributed by atoms with Crippen molar-refractivity contribution in [2.45, 2.75) is 18.2 Å². The minimum Gasteiger partial charge on any atom is -0.312 e. The summed E-state index contributed by atoms with van der Waals surface area (Å²) in [5.41, 5.74) is 3.40. The SMILES string of the molecule is CC1=C(c2ccc(S(=O)(=O)F)cc2)CNCC1.Cl. The third-order valence-electron chi connectivity index (χ3n) is 2.98. The zero-order valence-corrected chi connectivity index (χ0v) is 11.6. The number of hydrogen-bond donors (Lipinski definition) is 1. The predicted octanol–water partition coefficient (Wildman–Crippen LogP) is 2.53. The summed E-state index contributed by atoms with van der Waals surface area (Å²) in [6.07, 6.45) is 0.985. The lowest BCUT2D eigenvalue weighted by molar-refractivity contribution is 0.552. The van der Waals surface area contributed by atoms with Crippen LogP contribution >= 0.6 is 12.4 Å². The van der Waals surface area contributed by atoms with E-state index in [1.54, 1.807) is 12.1 Å². The fraction of sp³-hybridized carbons (Fsp3) is 0.333. The van der Waals surface area contributed by atoms with Crippen molar-refractivity contribution < 1.29 is 12.3 Å². The third-order valence-corrected chi connectivity index (χ3v) is 3.81. The predicted molar refractivity (Wildman–Crippen MR) is 72.1 cm³/mol. The van der Waals surface area contributed by atoms with Crippen LogP contribution in [0.25, 0.3) is 5.57 Å². The maximum Gasteiger partial charge on any atom is 0.332 e. The molecule has 0 aliphatic carbocycles. The van der Waals surface area contributed by atoms with E-state index in [0.29, 0.717) is 0 Å². The minimum atomic E-state index is -4.60. The summed E-state index contributed by atoms with van der Waals surface area (Å²) in [5, 5.41) is 3.26. The van der Waals surface area contributed by atoms with Gasteiger partial charge in [-0.1, -0.05) is 17.7 Å². The lowest BCUT2D eigenvalue weighted by atomic mass is 9.96. The van der Waals surface area contributed by atoms with Gasteiger partial charge in [0.2, 0.25) is 0 Å². The van der Waals surface area contributed by atoms with Crippen LogP contribution in [-0.2, 0) is 10.2 Å². The van der Waals surface area contributed by atoms with Gasteiger partial charge in [0.05, 0.1) is 4.90 Å². The Labute approximate surface area is 113 Å². The Morgan fingerprint density at radius 3 is 2.33 bits per heavy atom. The number of rotatable bonds is 2. The summed E-state index contributed by atoms with van der Waals surface area (Å²) in [6, 6.07) is 5.91. The molecule has 0 radical (unpaired) electrons. The van der Waals surface area contributed by atoms with E-state index in [1.165, 1.54) is 23.3 Å². The summed E-state index contributed by atoms with van der Waals surface area (Å²) < 4.78 is 34.1. The molecule has 2 rings (SSSR count). The van der Waals surface area contributed by atoms with Gasteiger partial charge in [0.25, 0.3) is 0 Å². The first-order valence-electron chi connectivity index (χ1n) is 5.43. The van der Waals surface area contributed by atoms with Gasteiger partial charge in [0.1, 0.15) is 0 Å². The van der Waals surface area contributed by atoms with Crippen LogP contribution in [0.3, 0.4) is 0 Å². The van der Waals surface area contributed by atoms with Gasteiger partial charge in [-0.15, -0.1) is 16.3 Å². The van der Waals surface area contributed by atoms with Crippen molar-refractivity contribution in [3.8, 4) is 0 Å². The quantitative estimate of drug-likeness (QED) is 0.852. The van der Waals surface area contributed by atoms with Gasteiger partial charge in [-0.25, -0.2) is 0 Å². The Hall–Kier alpha value is -0.910. The summed E-state index contributed by atoms with van der Waals surface area (Å²) in [6.45, 7) is 3.80. The van der Waals surface area contributed by atoms with E-state index in [9.17, 15) is 12.3 Å². The van der Waals surface area contributed by atoms with Crippen molar-refractivity contribution in [3.63, 3.8) is 0 Å². The summed E-state index contributed by atoms with van der Waals surface area (Å²) in [5.74, 6) is 0. The molecule has 1 aromatic carbocycles. The van der Waals surface area contributed by atoms with Crippen LogP contribution < -0.4 is 5.32 Å². The van der Waals surface area contributed by atoms with Crippen LogP contribution in [0.1, 0.15) is 18.9 Å². The summed E-state index contributed by atoms with van der Waals surface area (Å²) >= 11 is 0. The van der Waals surface area contributed by atoms with Gasteiger partial charge in [-0.2, -0.15) is 8.42 Å². The second-order valence-corrected chi connectivity index (χ2v) is 5.49. The number of halogens is 2. The highest BCUT2D eigenvalue weighted by molar-refractivity contribution is 7.86. The van der Waals surface area contributed by atoms with E-state index in [-0.39, 0.29) is 17.3 Å². The molecule has 1 aliphatic heterocycles. The zero-order valence-electron chi connectivity index (χ0n) is 9.94. The van der Waals surface area contributed by atoms with Gasteiger partial charge in [-0.3, -0.25) is 0 Å². The van der Waals surface area contributed by atoms with Crippen molar-refractivity contribution in [3.05, 3.63) is 35.4 Å². The topological polar surface area (TPSA) is 46.2 Å². The molecule has 0 saturated heterocycles. The van der Waals surface area contributed by atoms with Crippen LogP contribution in [0.5, 0.6) is 0 Å². The van der Waals surface area contributed by atoms with Gasteiger partial charge in [-0.05, 0) is 43.2 Å². The van der Waals surface area contributed by atoms with Crippen LogP contribution in [0, 0.1) is 0 Å². The number of benzene rings is 1. The van der Waals surface area contributed by atoms with Gasteiger partial charge in [0, 0.05) is 6.54 Å². The molecule has 1 heterocycles. The molecule has 0 aromatic heterocycles. The number of hydrogen-bond acceptors (Lipinski definition) is 3. The Morgan fingerprint density at radius 2 is 1.83 bits per heavy atom. The molecule has 100 valence electrons. The smallest absolute Gasteiger partial charge is 0.312 e. The van der Waals surface area contributed by atoms with Gasteiger partial charge < -0.3 is 5.32 Å². The molecule has 1 aromatic rings. The molecule has 0 fully saturated rings. The van der Waals surface area contributed by atoms with Crippen LogP contribution in [0.4, 0.5) is 3.89 Å². The molecular weight excluding hydrogens is 277 g/mol. The van der Waals surface area contributed by atoms with Gasteiger partial charge >= 0.3 is 10.2 Å². The van der Waals surface area contributed by atoms with E-state index < -0.39 is 10.2 Å². The largest absolute Gasteiger partial charge is 0.332 e. The van der Waals surface area contributed by atoms with Crippen LogP contribution in [0.2, 0.25) is 0 Å². The van der Waals surface area contributed by atoms with Gasteiger partial charge in [0.15, 0.2) is 0 Å². The average Bonchev–Trinajstić information content (AvgIpc) is 2.29. The highest BCUT2D eigenvalue weighted by atomic mass is 35.5.